The van der Waals surface area contributed by atoms with E-state index in [1.807, 2.05) is 0 Å². The van der Waals surface area contributed by atoms with Gasteiger partial charge >= 0.3 is 5.97 Å². The fourth-order valence-electron chi connectivity index (χ4n) is 2.27. The van der Waals surface area contributed by atoms with Gasteiger partial charge in [0.05, 0.1) is 7.11 Å². The van der Waals surface area contributed by atoms with E-state index in [-0.39, 0.29) is 12.8 Å². The van der Waals surface area contributed by atoms with E-state index in [2.05, 4.69) is 21.9 Å². The zero-order valence-corrected chi connectivity index (χ0v) is 14.6. The first-order valence-corrected chi connectivity index (χ1v) is 7.77. The molecule has 2 atom stereocenters. The van der Waals surface area contributed by atoms with Gasteiger partial charge in [0.2, 0.25) is 11.8 Å². The van der Waals surface area contributed by atoms with Crippen molar-refractivity contribution < 1.29 is 23.5 Å². The molecule has 0 saturated carbocycles. The lowest BCUT2D eigenvalue weighted by molar-refractivity contribution is -0.145. The minimum atomic E-state index is -0.903. The van der Waals surface area contributed by atoms with Gasteiger partial charge in [0.25, 0.3) is 0 Å². The number of ether oxygens (including phenoxy) is 1. The summed E-state index contributed by atoms with van der Waals surface area (Å²) in [5.74, 6) is -1.91. The number of carbonyl (C=O) groups is 3. The topological polar surface area (TPSA) is 84.5 Å². The molecule has 25 heavy (non-hydrogen) atoms. The van der Waals surface area contributed by atoms with Crippen molar-refractivity contribution in [2.75, 3.05) is 7.11 Å². The van der Waals surface area contributed by atoms with E-state index >= 15 is 0 Å². The highest BCUT2D eigenvalue weighted by Gasteiger charge is 2.27. The zero-order chi connectivity index (χ0) is 19.0. The van der Waals surface area contributed by atoms with Gasteiger partial charge in [-0.15, -0.1) is 6.58 Å². The van der Waals surface area contributed by atoms with E-state index in [1.165, 1.54) is 38.3 Å². The molecule has 136 valence electrons. The Morgan fingerprint density at radius 1 is 1.12 bits per heavy atom. The lowest BCUT2D eigenvalue weighted by atomic mass is 10.0. The van der Waals surface area contributed by atoms with E-state index in [9.17, 15) is 18.8 Å². The second-order valence-electron chi connectivity index (χ2n) is 5.83. The van der Waals surface area contributed by atoms with Gasteiger partial charge in [0.1, 0.15) is 17.9 Å². The van der Waals surface area contributed by atoms with Gasteiger partial charge in [-0.1, -0.05) is 17.7 Å². The van der Waals surface area contributed by atoms with Crippen LogP contribution in [0.3, 0.4) is 0 Å². The number of rotatable bonds is 8. The molecular weight excluding hydrogens is 327 g/mol. The molecule has 0 aliphatic carbocycles. The average molecular weight is 350 g/mol. The Balaban J connectivity index is 2.90. The number of carbonyl (C=O) groups excluding carboxylic acids is 3. The van der Waals surface area contributed by atoms with Crippen molar-refractivity contribution in [3.8, 4) is 0 Å². The number of amides is 2. The molecule has 0 unspecified atom stereocenters. The van der Waals surface area contributed by atoms with Crippen molar-refractivity contribution in [3.63, 3.8) is 0 Å². The summed E-state index contributed by atoms with van der Waals surface area (Å²) in [7, 11) is 1.23. The van der Waals surface area contributed by atoms with Gasteiger partial charge in [-0.3, -0.25) is 9.59 Å². The summed E-state index contributed by atoms with van der Waals surface area (Å²) in [6.45, 7) is 6.74. The first-order chi connectivity index (χ1) is 11.7. The van der Waals surface area contributed by atoms with Crippen molar-refractivity contribution in [1.29, 1.82) is 0 Å². The molecule has 1 rings (SSSR count). The van der Waals surface area contributed by atoms with Gasteiger partial charge in [-0.2, -0.15) is 0 Å². The third-order valence-corrected chi connectivity index (χ3v) is 3.40. The van der Waals surface area contributed by atoms with Gasteiger partial charge < -0.3 is 15.4 Å². The van der Waals surface area contributed by atoms with Crippen molar-refractivity contribution in [3.05, 3.63) is 47.8 Å². The van der Waals surface area contributed by atoms with E-state index in [1.54, 1.807) is 6.92 Å². The molecular formula is C18H23FN2O4. The molecule has 0 saturated heterocycles. The molecule has 0 aliphatic heterocycles. The number of hydrogen-bond acceptors (Lipinski definition) is 4. The molecule has 0 aromatic heterocycles. The predicted molar refractivity (Wildman–Crippen MR) is 91.1 cm³/mol. The summed E-state index contributed by atoms with van der Waals surface area (Å²) < 4.78 is 17.7. The van der Waals surface area contributed by atoms with Crippen molar-refractivity contribution in [2.45, 2.75) is 38.8 Å². The van der Waals surface area contributed by atoms with E-state index in [0.29, 0.717) is 11.1 Å². The number of hydrogen-bond donors (Lipinski definition) is 2. The lowest BCUT2D eigenvalue weighted by Crippen LogP contribution is -2.52. The largest absolute Gasteiger partial charge is 0.467 e. The minimum absolute atomic E-state index is 0.159. The minimum Gasteiger partial charge on any atom is -0.467 e. The maximum atomic E-state index is 13.0. The molecule has 6 nitrogen and oxygen atoms in total. The SMILES string of the molecule is C=C(C)C[C@H](NC(=O)[C@H](Cc1ccc(F)cc1)NC(C)=O)C(=O)OC. The van der Waals surface area contributed by atoms with Crippen LogP contribution in [-0.4, -0.2) is 37.0 Å². The Kier molecular flexibility index (Phi) is 7.78. The average Bonchev–Trinajstić information content (AvgIpc) is 2.54. The molecule has 0 aliphatic rings. The predicted octanol–water partition coefficient (Wildman–Crippen LogP) is 1.50. The lowest BCUT2D eigenvalue weighted by Gasteiger charge is -2.22. The molecule has 1 aromatic carbocycles. The summed E-state index contributed by atoms with van der Waals surface area (Å²) in [4.78, 5) is 35.7. The number of benzene rings is 1. The quantitative estimate of drug-likeness (QED) is 0.550. The van der Waals surface area contributed by atoms with Crippen molar-refractivity contribution in [2.24, 2.45) is 0 Å². The normalized spacial score (nSPS) is 12.6. The summed E-state index contributed by atoms with van der Waals surface area (Å²) in [6.07, 6.45) is 0.383. The summed E-state index contributed by atoms with van der Waals surface area (Å²) in [6, 6.07) is 3.82. The van der Waals surface area contributed by atoms with Crippen LogP contribution in [0.25, 0.3) is 0 Å². The standard InChI is InChI=1S/C18H23FN2O4/c1-11(2)9-16(18(24)25-4)21-17(23)15(20-12(3)22)10-13-5-7-14(19)8-6-13/h5-8,15-16H,1,9-10H2,2-4H3,(H,20,22)(H,21,23)/t15-,16-/m0/s1. The fraction of sp³-hybridized carbons (Fsp3) is 0.389. The Labute approximate surface area is 146 Å². The summed E-state index contributed by atoms with van der Waals surface area (Å²) in [5.41, 5.74) is 1.37. The third-order valence-electron chi connectivity index (χ3n) is 3.40. The fourth-order valence-corrected chi connectivity index (χ4v) is 2.27. The third kappa shape index (κ3) is 7.15. The zero-order valence-electron chi connectivity index (χ0n) is 14.6. The first-order valence-electron chi connectivity index (χ1n) is 7.77. The van der Waals surface area contributed by atoms with Crippen LogP contribution in [0.1, 0.15) is 25.8 Å². The monoisotopic (exact) mass is 350 g/mol. The van der Waals surface area contributed by atoms with E-state index in [0.717, 1.165) is 0 Å². The van der Waals surface area contributed by atoms with Gasteiger partial charge in [0.15, 0.2) is 0 Å². The van der Waals surface area contributed by atoms with Crippen LogP contribution in [0.15, 0.2) is 36.4 Å². The highest BCUT2D eigenvalue weighted by atomic mass is 19.1. The first kappa shape index (κ1) is 20.3. The van der Waals surface area contributed by atoms with Crippen LogP contribution in [0.4, 0.5) is 4.39 Å². The van der Waals surface area contributed by atoms with E-state index in [4.69, 9.17) is 0 Å². The maximum absolute atomic E-state index is 13.0. The number of halogens is 1. The van der Waals surface area contributed by atoms with Crippen LogP contribution in [0, 0.1) is 5.82 Å². The molecule has 7 heteroatoms. The van der Waals surface area contributed by atoms with Crippen LogP contribution in [-0.2, 0) is 25.5 Å². The smallest absolute Gasteiger partial charge is 0.328 e. The molecule has 0 spiro atoms. The number of esters is 1. The highest BCUT2D eigenvalue weighted by Crippen LogP contribution is 2.08. The van der Waals surface area contributed by atoms with E-state index < -0.39 is 35.7 Å². The van der Waals surface area contributed by atoms with Crippen molar-refractivity contribution >= 4 is 17.8 Å². The summed E-state index contributed by atoms with van der Waals surface area (Å²) >= 11 is 0. The van der Waals surface area contributed by atoms with Crippen LogP contribution < -0.4 is 10.6 Å². The molecule has 2 N–H and O–H groups in total. The Morgan fingerprint density at radius 3 is 2.20 bits per heavy atom. The van der Waals surface area contributed by atoms with Crippen LogP contribution in [0.2, 0.25) is 0 Å². The molecule has 0 heterocycles. The summed E-state index contributed by atoms with van der Waals surface area (Å²) in [5, 5.41) is 5.11. The van der Waals surface area contributed by atoms with Crippen LogP contribution in [0.5, 0.6) is 0 Å². The molecule has 2 amide bonds. The second kappa shape index (κ2) is 9.56. The van der Waals surface area contributed by atoms with Gasteiger partial charge in [-0.05, 0) is 31.0 Å². The molecule has 0 radical (unpaired) electrons. The van der Waals surface area contributed by atoms with Crippen LogP contribution >= 0.6 is 0 Å². The Hall–Kier alpha value is -2.70. The second-order valence-corrected chi connectivity index (χ2v) is 5.83. The maximum Gasteiger partial charge on any atom is 0.328 e. The Morgan fingerprint density at radius 2 is 1.72 bits per heavy atom. The Bertz CT molecular complexity index is 643. The van der Waals surface area contributed by atoms with Gasteiger partial charge in [-0.25, -0.2) is 9.18 Å². The molecule has 0 bridgehead atoms. The number of methoxy groups -OCH3 is 1. The van der Waals surface area contributed by atoms with Gasteiger partial charge in [0, 0.05) is 13.3 Å². The highest BCUT2D eigenvalue weighted by molar-refractivity contribution is 5.90. The molecule has 0 fully saturated rings. The molecule has 1 aromatic rings. The van der Waals surface area contributed by atoms with Crippen molar-refractivity contribution in [1.82, 2.24) is 10.6 Å². The number of nitrogens with one attached hydrogen (secondary N) is 2.